The fraction of sp³-hybridized carbons (Fsp3) is 0.0526. The van der Waals surface area contributed by atoms with E-state index in [2.05, 4.69) is 4.65 Å². The SMILES string of the molecule is OB(Oc1c(F)c(F)c(F)c(F)c1F)c1c(F)c(F)c(F)c2c1Cc1cccc(F)c1-2. The highest BCUT2D eigenvalue weighted by Gasteiger charge is 2.40. The van der Waals surface area contributed by atoms with Gasteiger partial charge in [-0.1, -0.05) is 12.1 Å². The Morgan fingerprint density at radius 2 is 1.23 bits per heavy atom. The van der Waals surface area contributed by atoms with Gasteiger partial charge < -0.3 is 9.68 Å². The topological polar surface area (TPSA) is 29.5 Å². The second kappa shape index (κ2) is 7.22. The zero-order valence-corrected chi connectivity index (χ0v) is 14.8. The van der Waals surface area contributed by atoms with E-state index in [-0.39, 0.29) is 5.56 Å². The van der Waals surface area contributed by atoms with Crippen molar-refractivity contribution in [3.63, 3.8) is 0 Å². The predicted octanol–water partition coefficient (Wildman–Crippen LogP) is 4.28. The average molecular weight is 448 g/mol. The summed E-state index contributed by atoms with van der Waals surface area (Å²) in [6.45, 7) is 0. The number of benzene rings is 3. The maximum atomic E-state index is 14.5. The third kappa shape index (κ3) is 2.96. The lowest BCUT2D eigenvalue weighted by molar-refractivity contribution is 0.332. The van der Waals surface area contributed by atoms with Crippen molar-refractivity contribution in [2.75, 3.05) is 0 Å². The molecule has 1 aliphatic carbocycles. The molecule has 0 spiro atoms. The first kappa shape index (κ1) is 21.1. The lowest BCUT2D eigenvalue weighted by Crippen LogP contribution is -2.43. The van der Waals surface area contributed by atoms with Crippen molar-refractivity contribution >= 4 is 12.6 Å². The Morgan fingerprint density at radius 3 is 1.84 bits per heavy atom. The molecule has 0 saturated heterocycles. The van der Waals surface area contributed by atoms with Crippen molar-refractivity contribution < 1.29 is 49.2 Å². The molecule has 0 aromatic heterocycles. The molecule has 12 heteroatoms. The maximum absolute atomic E-state index is 14.5. The number of fused-ring (bicyclic) bond motifs is 3. The summed E-state index contributed by atoms with van der Waals surface area (Å²) in [5.74, 6) is -21.3. The quantitative estimate of drug-likeness (QED) is 0.220. The second-order valence-electron chi connectivity index (χ2n) is 6.53. The van der Waals surface area contributed by atoms with Crippen LogP contribution in [0, 0.1) is 52.4 Å². The first-order valence-corrected chi connectivity index (χ1v) is 8.39. The van der Waals surface area contributed by atoms with Gasteiger partial charge >= 0.3 is 7.12 Å². The molecule has 160 valence electrons. The van der Waals surface area contributed by atoms with Crippen LogP contribution in [0.15, 0.2) is 18.2 Å². The third-order valence-electron chi connectivity index (χ3n) is 4.83. The summed E-state index contributed by atoms with van der Waals surface area (Å²) < 4.78 is 129. The Balaban J connectivity index is 1.89. The Hall–Kier alpha value is -3.15. The van der Waals surface area contributed by atoms with Crippen molar-refractivity contribution in [2.45, 2.75) is 6.42 Å². The molecule has 1 aliphatic rings. The Kier molecular flexibility index (Phi) is 4.92. The molecule has 0 saturated carbocycles. The van der Waals surface area contributed by atoms with E-state index in [0.717, 1.165) is 6.07 Å². The Morgan fingerprint density at radius 1 is 0.677 bits per heavy atom. The smallest absolute Gasteiger partial charge is 0.528 e. The number of halogens is 9. The van der Waals surface area contributed by atoms with Gasteiger partial charge in [0.05, 0.1) is 0 Å². The standard InChI is InChI=1S/C19H6BF9O2/c21-7-3-1-2-5-4-6-9(8(5)7)11(22)13(24)12(23)10(6)20(30)31-19-17(28)15(26)14(25)16(27)18(19)29/h1-3,30H,4H2. The summed E-state index contributed by atoms with van der Waals surface area (Å²) >= 11 is 0. The number of hydrogen-bond donors (Lipinski definition) is 1. The molecular weight excluding hydrogens is 442 g/mol. The second-order valence-corrected chi connectivity index (χ2v) is 6.53. The van der Waals surface area contributed by atoms with Gasteiger partial charge in [0.15, 0.2) is 23.2 Å². The molecule has 3 aromatic carbocycles. The van der Waals surface area contributed by atoms with Gasteiger partial charge in [-0.2, -0.15) is 8.78 Å². The first-order valence-electron chi connectivity index (χ1n) is 8.39. The van der Waals surface area contributed by atoms with Crippen molar-refractivity contribution in [3.8, 4) is 16.9 Å². The van der Waals surface area contributed by atoms with Crippen molar-refractivity contribution in [1.82, 2.24) is 0 Å². The average Bonchev–Trinajstić information content (AvgIpc) is 3.13. The molecule has 0 radical (unpaired) electrons. The summed E-state index contributed by atoms with van der Waals surface area (Å²) in [7, 11) is -2.84. The summed E-state index contributed by atoms with van der Waals surface area (Å²) in [6, 6.07) is 3.44. The highest BCUT2D eigenvalue weighted by atomic mass is 19.2. The molecule has 31 heavy (non-hydrogen) atoms. The molecule has 0 aliphatic heterocycles. The van der Waals surface area contributed by atoms with Crippen molar-refractivity contribution in [1.29, 1.82) is 0 Å². The molecule has 0 bridgehead atoms. The minimum Gasteiger partial charge on any atom is -0.528 e. The monoisotopic (exact) mass is 448 g/mol. The molecule has 0 atom stereocenters. The molecule has 1 N–H and O–H groups in total. The van der Waals surface area contributed by atoms with E-state index in [1.807, 2.05) is 0 Å². The molecule has 3 aromatic rings. The van der Waals surface area contributed by atoms with Gasteiger partial charge in [-0.3, -0.25) is 0 Å². The fourth-order valence-corrected chi connectivity index (χ4v) is 3.47. The highest BCUT2D eigenvalue weighted by molar-refractivity contribution is 6.61. The van der Waals surface area contributed by atoms with E-state index in [4.69, 9.17) is 0 Å². The van der Waals surface area contributed by atoms with Gasteiger partial charge in [-0.15, -0.1) is 0 Å². The van der Waals surface area contributed by atoms with Crippen LogP contribution in [-0.4, -0.2) is 12.1 Å². The van der Waals surface area contributed by atoms with E-state index in [9.17, 15) is 44.5 Å². The minimum absolute atomic E-state index is 0.0728. The maximum Gasteiger partial charge on any atom is 0.563 e. The molecule has 2 nitrogen and oxygen atoms in total. The van der Waals surface area contributed by atoms with Crippen molar-refractivity contribution in [2.24, 2.45) is 0 Å². The van der Waals surface area contributed by atoms with Crippen LogP contribution in [0.4, 0.5) is 39.5 Å². The van der Waals surface area contributed by atoms with Crippen LogP contribution in [0.3, 0.4) is 0 Å². The third-order valence-corrected chi connectivity index (χ3v) is 4.83. The summed E-state index contributed by atoms with van der Waals surface area (Å²) in [5.41, 5.74) is -2.83. The van der Waals surface area contributed by atoms with Crippen LogP contribution in [0.25, 0.3) is 11.1 Å². The van der Waals surface area contributed by atoms with E-state index < -0.39 is 93.8 Å². The summed E-state index contributed by atoms with van der Waals surface area (Å²) in [6.07, 6.45) is -0.441. The van der Waals surface area contributed by atoms with Crippen LogP contribution in [0.2, 0.25) is 0 Å². The van der Waals surface area contributed by atoms with Crippen LogP contribution in [0.1, 0.15) is 11.1 Å². The lowest BCUT2D eigenvalue weighted by Gasteiger charge is -2.17. The molecule has 4 rings (SSSR count). The summed E-state index contributed by atoms with van der Waals surface area (Å²) in [4.78, 5) is 0. The fourth-order valence-electron chi connectivity index (χ4n) is 3.47. The van der Waals surface area contributed by atoms with E-state index in [1.54, 1.807) is 0 Å². The lowest BCUT2D eigenvalue weighted by atomic mass is 9.74. The van der Waals surface area contributed by atoms with Crippen LogP contribution in [0.5, 0.6) is 5.75 Å². The van der Waals surface area contributed by atoms with Crippen LogP contribution in [-0.2, 0) is 6.42 Å². The molecule has 0 fully saturated rings. The van der Waals surface area contributed by atoms with Gasteiger partial charge in [0, 0.05) is 16.6 Å². The largest absolute Gasteiger partial charge is 0.563 e. The number of rotatable bonds is 3. The van der Waals surface area contributed by atoms with Gasteiger partial charge in [0.25, 0.3) is 0 Å². The predicted molar refractivity (Wildman–Crippen MR) is 89.0 cm³/mol. The van der Waals surface area contributed by atoms with E-state index in [0.29, 0.717) is 0 Å². The van der Waals surface area contributed by atoms with Gasteiger partial charge in [-0.05, 0) is 23.6 Å². The summed E-state index contributed by atoms with van der Waals surface area (Å²) in [5, 5.41) is 10.2. The Bertz CT molecular complexity index is 1230. The zero-order chi connectivity index (χ0) is 22.8. The van der Waals surface area contributed by atoms with E-state index in [1.165, 1.54) is 12.1 Å². The van der Waals surface area contributed by atoms with Crippen molar-refractivity contribution in [3.05, 3.63) is 81.7 Å². The van der Waals surface area contributed by atoms with Gasteiger partial charge in [0.2, 0.25) is 29.1 Å². The zero-order valence-electron chi connectivity index (χ0n) is 14.8. The van der Waals surface area contributed by atoms with Crippen LogP contribution < -0.4 is 10.1 Å². The van der Waals surface area contributed by atoms with Gasteiger partial charge in [0.1, 0.15) is 5.82 Å². The molecular formula is C19H6BF9O2. The molecule has 0 heterocycles. The van der Waals surface area contributed by atoms with Gasteiger partial charge in [-0.25, -0.2) is 30.7 Å². The van der Waals surface area contributed by atoms with Crippen LogP contribution >= 0.6 is 0 Å². The molecule has 0 amide bonds. The minimum atomic E-state index is -2.84. The first-order chi connectivity index (χ1) is 14.6. The highest BCUT2D eigenvalue weighted by Crippen LogP contribution is 2.41. The normalized spacial score (nSPS) is 12.1. The van der Waals surface area contributed by atoms with E-state index >= 15 is 0 Å². The molecule has 0 unspecified atom stereocenters. The Labute approximate surface area is 167 Å². The number of hydrogen-bond acceptors (Lipinski definition) is 2.